The fraction of sp³-hybridized carbons (Fsp3) is 0.533. The molecule has 2 aliphatic rings. The third-order valence-corrected chi connectivity index (χ3v) is 9.38. The molecule has 1 saturated carbocycles. The van der Waals surface area contributed by atoms with Gasteiger partial charge in [0.15, 0.2) is 11.5 Å². The lowest BCUT2D eigenvalue weighted by molar-refractivity contribution is -0.140. The number of amides is 2. The van der Waals surface area contributed by atoms with Crippen molar-refractivity contribution in [3.05, 3.63) is 48.0 Å². The number of sulfonamides is 1. The van der Waals surface area contributed by atoms with E-state index in [1.54, 1.807) is 37.4 Å². The van der Waals surface area contributed by atoms with Gasteiger partial charge in [-0.1, -0.05) is 38.3 Å². The van der Waals surface area contributed by atoms with Gasteiger partial charge < -0.3 is 24.4 Å². The average molecular weight is 588 g/mol. The van der Waals surface area contributed by atoms with Crippen LogP contribution in [0.3, 0.4) is 0 Å². The zero-order valence-corrected chi connectivity index (χ0v) is 25.0. The molecule has 41 heavy (non-hydrogen) atoms. The molecule has 0 spiro atoms. The molecule has 1 aliphatic carbocycles. The van der Waals surface area contributed by atoms with Crippen LogP contribution >= 0.6 is 0 Å². The van der Waals surface area contributed by atoms with Crippen molar-refractivity contribution in [2.75, 3.05) is 36.9 Å². The van der Waals surface area contributed by atoms with Crippen LogP contribution < -0.4 is 23.8 Å². The maximum Gasteiger partial charge on any atom is 0.244 e. The normalized spacial score (nSPS) is 16.0. The fourth-order valence-electron chi connectivity index (χ4n) is 5.30. The maximum atomic E-state index is 14.1. The summed E-state index contributed by atoms with van der Waals surface area (Å²) in [5.74, 6) is 0.723. The first-order valence-electron chi connectivity index (χ1n) is 14.4. The first kappa shape index (κ1) is 30.5. The van der Waals surface area contributed by atoms with Crippen LogP contribution in [0.1, 0.15) is 57.9 Å². The smallest absolute Gasteiger partial charge is 0.244 e. The molecule has 0 radical (unpaired) electrons. The standard InChI is InChI=1S/C30H41N3O7S/c1-4-26(30(35)31-23-9-7-6-8-10-23)32(20-22-11-14-25(38-3)15-12-22)29(34)21-33(41(36,37)5-2)24-13-16-27-28(19-24)40-18-17-39-27/h11-16,19,23,26H,4-10,17-18,20-21H2,1-3H3,(H,31,35). The van der Waals surface area contributed by atoms with Crippen molar-refractivity contribution in [1.82, 2.24) is 10.2 Å². The summed E-state index contributed by atoms with van der Waals surface area (Å²) in [6.45, 7) is 3.83. The lowest BCUT2D eigenvalue weighted by Gasteiger charge is -2.34. The summed E-state index contributed by atoms with van der Waals surface area (Å²) in [4.78, 5) is 29.1. The molecule has 2 amide bonds. The Kier molecular flexibility index (Phi) is 10.4. The van der Waals surface area contributed by atoms with Crippen LogP contribution in [0.2, 0.25) is 0 Å². The molecule has 1 heterocycles. The lowest BCUT2D eigenvalue weighted by Crippen LogP contribution is -2.54. The van der Waals surface area contributed by atoms with Gasteiger partial charge in [0.1, 0.15) is 31.5 Å². The number of hydrogen-bond acceptors (Lipinski definition) is 7. The number of fused-ring (bicyclic) bond motifs is 1. The van der Waals surface area contributed by atoms with E-state index < -0.39 is 28.5 Å². The second kappa shape index (κ2) is 13.9. The minimum absolute atomic E-state index is 0.0814. The van der Waals surface area contributed by atoms with Gasteiger partial charge in [0.25, 0.3) is 0 Å². The largest absolute Gasteiger partial charge is 0.497 e. The number of carbonyl (C=O) groups excluding carboxylic acids is 2. The van der Waals surface area contributed by atoms with Crippen LogP contribution in [0.15, 0.2) is 42.5 Å². The highest BCUT2D eigenvalue weighted by Gasteiger charge is 2.33. The number of rotatable bonds is 12. The molecule has 4 rings (SSSR count). The van der Waals surface area contributed by atoms with E-state index in [1.165, 1.54) is 11.8 Å². The zero-order chi connectivity index (χ0) is 29.4. The summed E-state index contributed by atoms with van der Waals surface area (Å²) >= 11 is 0. The van der Waals surface area contributed by atoms with Gasteiger partial charge in [0.05, 0.1) is 18.6 Å². The highest BCUT2D eigenvalue weighted by Crippen LogP contribution is 2.35. The number of carbonyl (C=O) groups is 2. The summed E-state index contributed by atoms with van der Waals surface area (Å²) in [5.41, 5.74) is 1.10. The van der Waals surface area contributed by atoms with E-state index in [2.05, 4.69) is 5.32 Å². The average Bonchev–Trinajstić information content (AvgIpc) is 3.00. The third kappa shape index (κ3) is 7.63. The summed E-state index contributed by atoms with van der Waals surface area (Å²) < 4.78 is 44.2. The highest BCUT2D eigenvalue weighted by molar-refractivity contribution is 7.92. The van der Waals surface area contributed by atoms with Gasteiger partial charge in [-0.3, -0.25) is 13.9 Å². The summed E-state index contributed by atoms with van der Waals surface area (Å²) in [7, 11) is -2.28. The third-order valence-electron chi connectivity index (χ3n) is 7.64. The summed E-state index contributed by atoms with van der Waals surface area (Å²) in [6.07, 6.45) is 5.51. The predicted octanol–water partition coefficient (Wildman–Crippen LogP) is 3.88. The van der Waals surface area contributed by atoms with Gasteiger partial charge in [-0.05, 0) is 56.0 Å². The molecule has 2 aromatic carbocycles. The van der Waals surface area contributed by atoms with E-state index in [-0.39, 0.29) is 24.2 Å². The Morgan fingerprint density at radius 1 is 1.00 bits per heavy atom. The zero-order valence-electron chi connectivity index (χ0n) is 24.1. The number of anilines is 1. The van der Waals surface area contributed by atoms with E-state index in [1.807, 2.05) is 19.1 Å². The van der Waals surface area contributed by atoms with Crippen LogP contribution in [0, 0.1) is 0 Å². The van der Waals surface area contributed by atoms with Crippen LogP contribution in [-0.4, -0.2) is 69.8 Å². The van der Waals surface area contributed by atoms with E-state index in [0.29, 0.717) is 42.6 Å². The maximum absolute atomic E-state index is 14.1. The Morgan fingerprint density at radius 3 is 2.32 bits per heavy atom. The molecule has 11 heteroatoms. The number of hydrogen-bond donors (Lipinski definition) is 1. The van der Waals surface area contributed by atoms with E-state index >= 15 is 0 Å². The quantitative estimate of drug-likeness (QED) is 0.401. The van der Waals surface area contributed by atoms with Crippen molar-refractivity contribution in [2.24, 2.45) is 0 Å². The Labute approximate surface area is 243 Å². The fourth-order valence-corrected chi connectivity index (χ4v) is 6.35. The molecule has 1 fully saturated rings. The minimum atomic E-state index is -3.85. The number of nitrogens with one attached hydrogen (secondary N) is 1. The van der Waals surface area contributed by atoms with Crippen molar-refractivity contribution < 1.29 is 32.2 Å². The molecular formula is C30H41N3O7S. The molecule has 0 aromatic heterocycles. The van der Waals surface area contributed by atoms with E-state index in [4.69, 9.17) is 14.2 Å². The Bertz CT molecular complexity index is 1290. The van der Waals surface area contributed by atoms with Crippen LogP contribution in [0.5, 0.6) is 17.2 Å². The van der Waals surface area contributed by atoms with Crippen molar-refractivity contribution in [3.8, 4) is 17.2 Å². The van der Waals surface area contributed by atoms with Gasteiger partial charge in [-0.15, -0.1) is 0 Å². The second-order valence-electron chi connectivity index (χ2n) is 10.4. The number of ether oxygens (including phenoxy) is 3. The van der Waals surface area contributed by atoms with Crippen molar-refractivity contribution in [2.45, 2.75) is 71.0 Å². The van der Waals surface area contributed by atoms with E-state index in [0.717, 1.165) is 42.0 Å². The van der Waals surface area contributed by atoms with Gasteiger partial charge in [-0.25, -0.2) is 8.42 Å². The molecule has 1 N–H and O–H groups in total. The molecule has 0 saturated heterocycles. The Morgan fingerprint density at radius 2 is 1.68 bits per heavy atom. The number of nitrogens with zero attached hydrogens (tertiary/aromatic N) is 2. The van der Waals surface area contributed by atoms with Crippen LogP contribution in [0.25, 0.3) is 0 Å². The van der Waals surface area contributed by atoms with Crippen molar-refractivity contribution >= 4 is 27.5 Å². The SMILES string of the molecule is CCC(C(=O)NC1CCCCC1)N(Cc1ccc(OC)cc1)C(=O)CN(c1ccc2c(c1)OCCO2)S(=O)(=O)CC. The van der Waals surface area contributed by atoms with Crippen LogP contribution in [-0.2, 0) is 26.2 Å². The molecular weight excluding hydrogens is 546 g/mol. The topological polar surface area (TPSA) is 114 Å². The molecule has 224 valence electrons. The molecule has 2 aromatic rings. The predicted molar refractivity (Wildman–Crippen MR) is 157 cm³/mol. The Balaban J connectivity index is 1.64. The Hall–Kier alpha value is -3.47. The summed E-state index contributed by atoms with van der Waals surface area (Å²) in [6, 6.07) is 11.4. The molecule has 0 bridgehead atoms. The van der Waals surface area contributed by atoms with Gasteiger partial charge in [-0.2, -0.15) is 0 Å². The van der Waals surface area contributed by atoms with Gasteiger partial charge in [0.2, 0.25) is 21.8 Å². The minimum Gasteiger partial charge on any atom is -0.497 e. The molecule has 1 unspecified atom stereocenters. The molecule has 1 atom stereocenters. The monoisotopic (exact) mass is 587 g/mol. The van der Waals surface area contributed by atoms with Gasteiger partial charge >= 0.3 is 0 Å². The van der Waals surface area contributed by atoms with Crippen LogP contribution in [0.4, 0.5) is 5.69 Å². The summed E-state index contributed by atoms with van der Waals surface area (Å²) in [5, 5.41) is 3.15. The molecule has 10 nitrogen and oxygen atoms in total. The van der Waals surface area contributed by atoms with Crippen molar-refractivity contribution in [1.29, 1.82) is 0 Å². The first-order chi connectivity index (χ1) is 19.7. The first-order valence-corrected chi connectivity index (χ1v) is 16.0. The number of benzene rings is 2. The van der Waals surface area contributed by atoms with E-state index in [9.17, 15) is 18.0 Å². The van der Waals surface area contributed by atoms with Gasteiger partial charge in [0, 0.05) is 18.7 Å². The number of methoxy groups -OCH3 is 1. The van der Waals surface area contributed by atoms with Crippen molar-refractivity contribution in [3.63, 3.8) is 0 Å². The second-order valence-corrected chi connectivity index (χ2v) is 12.6. The lowest BCUT2D eigenvalue weighted by atomic mass is 9.95. The molecule has 1 aliphatic heterocycles. The highest BCUT2D eigenvalue weighted by atomic mass is 32.2.